The average Bonchev–Trinajstić information content (AvgIpc) is 2.28. The van der Waals surface area contributed by atoms with Gasteiger partial charge < -0.3 is 4.42 Å². The van der Waals surface area contributed by atoms with Crippen molar-refractivity contribution in [3.05, 3.63) is 41.4 Å². The van der Waals surface area contributed by atoms with Crippen LogP contribution in [-0.4, -0.2) is 4.57 Å². The van der Waals surface area contributed by atoms with Crippen molar-refractivity contribution in [2.75, 3.05) is 0 Å². The van der Waals surface area contributed by atoms with Crippen LogP contribution in [0.2, 0.25) is 0 Å². The van der Waals surface area contributed by atoms with Crippen molar-refractivity contribution in [3.63, 3.8) is 0 Å². The lowest BCUT2D eigenvalue weighted by molar-refractivity contribution is 0.539. The number of oxazole rings is 1. The molecule has 1 radical (unpaired) electrons. The van der Waals surface area contributed by atoms with Crippen molar-refractivity contribution in [1.29, 1.82) is 0 Å². The summed E-state index contributed by atoms with van der Waals surface area (Å²) in [5.41, 5.74) is 2.39. The number of hydrogen-bond acceptors (Lipinski definition) is 2. The molecule has 0 unspecified atom stereocenters. The van der Waals surface area contributed by atoms with Crippen LogP contribution in [0, 0.1) is 14.0 Å². The van der Waals surface area contributed by atoms with Gasteiger partial charge in [0.2, 0.25) is 0 Å². The Morgan fingerprint density at radius 1 is 1.50 bits per heavy atom. The Morgan fingerprint density at radius 2 is 2.25 bits per heavy atom. The van der Waals surface area contributed by atoms with Gasteiger partial charge in [0.25, 0.3) is 0 Å². The van der Waals surface area contributed by atoms with Gasteiger partial charge in [0.05, 0.1) is 5.52 Å². The van der Waals surface area contributed by atoms with Crippen LogP contribution in [0.3, 0.4) is 0 Å². The summed E-state index contributed by atoms with van der Waals surface area (Å²) in [6, 6.07) is 5.56. The molecular weight excluding hydrogens is 154 g/mol. The predicted molar refractivity (Wildman–Crippen MR) is 46.0 cm³/mol. The fraction of sp³-hybridized carbons (Fsp3) is 0.111. The maximum absolute atomic E-state index is 11.0. The fourth-order valence-corrected chi connectivity index (χ4v) is 1.17. The summed E-state index contributed by atoms with van der Waals surface area (Å²) in [7, 11) is 3.55. The minimum atomic E-state index is -0.421. The van der Waals surface area contributed by atoms with Crippen molar-refractivity contribution in [3.8, 4) is 0 Å². The Labute approximate surface area is 69.2 Å². The standard InChI is InChI=1S/C9H8NO2/c1-6-3-4-7-8(5-6)12-9(11)10(7)2/h3-5H,2H2,1H3. The number of aromatic nitrogens is 1. The Bertz CT molecular complexity index is 479. The van der Waals surface area contributed by atoms with Crippen LogP contribution in [-0.2, 0) is 0 Å². The van der Waals surface area contributed by atoms with E-state index in [4.69, 9.17) is 4.42 Å². The molecule has 0 saturated heterocycles. The highest BCUT2D eigenvalue weighted by atomic mass is 16.4. The molecule has 0 spiro atoms. The molecular formula is C9H8NO2. The lowest BCUT2D eigenvalue weighted by Crippen LogP contribution is -2.06. The highest BCUT2D eigenvalue weighted by Crippen LogP contribution is 2.13. The maximum Gasteiger partial charge on any atom is 0.420 e. The molecule has 3 nitrogen and oxygen atoms in total. The molecule has 61 valence electrons. The summed E-state index contributed by atoms with van der Waals surface area (Å²) in [6.45, 7) is 1.94. The Hall–Kier alpha value is -1.51. The van der Waals surface area contributed by atoms with Crippen molar-refractivity contribution >= 4 is 11.1 Å². The number of fused-ring (bicyclic) bond motifs is 1. The zero-order valence-electron chi connectivity index (χ0n) is 6.70. The molecule has 1 heterocycles. The van der Waals surface area contributed by atoms with Gasteiger partial charge in [0, 0.05) is 7.05 Å². The first kappa shape index (κ1) is 7.16. The highest BCUT2D eigenvalue weighted by molar-refractivity contribution is 5.73. The number of benzene rings is 1. The second kappa shape index (κ2) is 2.24. The molecule has 1 aromatic carbocycles. The number of hydrogen-bond donors (Lipinski definition) is 0. The first-order valence-electron chi connectivity index (χ1n) is 3.61. The Balaban J connectivity index is 2.96. The normalized spacial score (nSPS) is 10.8. The van der Waals surface area contributed by atoms with E-state index in [1.165, 1.54) is 4.57 Å². The Morgan fingerprint density at radius 3 is 3.00 bits per heavy atom. The fourth-order valence-electron chi connectivity index (χ4n) is 1.17. The molecule has 2 rings (SSSR count). The molecule has 1 aromatic heterocycles. The molecule has 0 N–H and O–H groups in total. The molecule has 0 aliphatic heterocycles. The molecule has 2 aromatic rings. The minimum Gasteiger partial charge on any atom is -0.408 e. The molecule has 0 bridgehead atoms. The van der Waals surface area contributed by atoms with E-state index < -0.39 is 5.76 Å². The van der Waals surface area contributed by atoms with Gasteiger partial charge in [-0.25, -0.2) is 4.79 Å². The molecule has 0 saturated carbocycles. The van der Waals surface area contributed by atoms with Crippen molar-refractivity contribution in [2.24, 2.45) is 0 Å². The van der Waals surface area contributed by atoms with E-state index in [2.05, 4.69) is 7.05 Å². The monoisotopic (exact) mass is 162 g/mol. The van der Waals surface area contributed by atoms with E-state index in [1.807, 2.05) is 25.1 Å². The van der Waals surface area contributed by atoms with Gasteiger partial charge in [0.1, 0.15) is 0 Å². The van der Waals surface area contributed by atoms with Gasteiger partial charge in [-0.2, -0.15) is 0 Å². The third kappa shape index (κ3) is 0.863. The van der Waals surface area contributed by atoms with Crippen LogP contribution in [0.5, 0.6) is 0 Å². The number of aryl methyl sites for hydroxylation is 1. The minimum absolute atomic E-state index is 0.421. The van der Waals surface area contributed by atoms with Crippen LogP contribution >= 0.6 is 0 Å². The summed E-state index contributed by atoms with van der Waals surface area (Å²) in [5, 5.41) is 0. The van der Waals surface area contributed by atoms with Crippen molar-refractivity contribution in [1.82, 2.24) is 4.57 Å². The Kier molecular flexibility index (Phi) is 1.33. The topological polar surface area (TPSA) is 35.1 Å². The van der Waals surface area contributed by atoms with E-state index in [0.29, 0.717) is 5.58 Å². The van der Waals surface area contributed by atoms with Crippen molar-refractivity contribution < 1.29 is 4.42 Å². The smallest absolute Gasteiger partial charge is 0.408 e. The van der Waals surface area contributed by atoms with Crippen LogP contribution in [0.15, 0.2) is 27.4 Å². The summed E-state index contributed by atoms with van der Waals surface area (Å²) in [5.74, 6) is -0.421. The quantitative estimate of drug-likeness (QED) is 0.589. The summed E-state index contributed by atoms with van der Waals surface area (Å²) in [4.78, 5) is 11.0. The van der Waals surface area contributed by atoms with Crippen molar-refractivity contribution in [2.45, 2.75) is 6.92 Å². The largest absolute Gasteiger partial charge is 0.420 e. The third-order valence-corrected chi connectivity index (χ3v) is 1.82. The average molecular weight is 162 g/mol. The number of nitrogens with zero attached hydrogens (tertiary/aromatic N) is 1. The molecule has 0 aliphatic rings. The van der Waals surface area contributed by atoms with E-state index in [-0.39, 0.29) is 0 Å². The predicted octanol–water partition coefficient (Wildman–Crippen LogP) is 1.54. The van der Waals surface area contributed by atoms with Gasteiger partial charge in [-0.15, -0.1) is 0 Å². The van der Waals surface area contributed by atoms with Gasteiger partial charge >= 0.3 is 5.76 Å². The van der Waals surface area contributed by atoms with Gasteiger partial charge in [-0.1, -0.05) is 6.07 Å². The summed E-state index contributed by atoms with van der Waals surface area (Å²) >= 11 is 0. The van der Waals surface area contributed by atoms with E-state index in [0.717, 1.165) is 11.1 Å². The van der Waals surface area contributed by atoms with Gasteiger partial charge in [-0.05, 0) is 24.6 Å². The summed E-state index contributed by atoms with van der Waals surface area (Å²) < 4.78 is 6.17. The molecule has 0 aliphatic carbocycles. The maximum atomic E-state index is 11.0. The van der Waals surface area contributed by atoms with Crippen LogP contribution in [0.1, 0.15) is 5.56 Å². The molecule has 0 atom stereocenters. The van der Waals surface area contributed by atoms with E-state index in [1.54, 1.807) is 0 Å². The summed E-state index contributed by atoms with van der Waals surface area (Å²) in [6.07, 6.45) is 0. The van der Waals surface area contributed by atoms with Gasteiger partial charge in [-0.3, -0.25) is 4.57 Å². The van der Waals surface area contributed by atoms with Gasteiger partial charge in [0.15, 0.2) is 5.58 Å². The zero-order valence-corrected chi connectivity index (χ0v) is 6.70. The van der Waals surface area contributed by atoms with E-state index >= 15 is 0 Å². The van der Waals surface area contributed by atoms with Crippen LogP contribution < -0.4 is 5.76 Å². The van der Waals surface area contributed by atoms with E-state index in [9.17, 15) is 4.79 Å². The SMILES string of the molecule is [CH2]n1c(=O)oc2cc(C)ccc21. The van der Waals surface area contributed by atoms with Crippen LogP contribution in [0.25, 0.3) is 11.1 Å². The second-order valence-corrected chi connectivity index (χ2v) is 2.77. The molecule has 0 fully saturated rings. The molecule has 3 heteroatoms. The lowest BCUT2D eigenvalue weighted by atomic mass is 10.2. The molecule has 0 amide bonds. The molecule has 12 heavy (non-hydrogen) atoms. The highest BCUT2D eigenvalue weighted by Gasteiger charge is 2.03. The lowest BCUT2D eigenvalue weighted by Gasteiger charge is -1.91. The zero-order chi connectivity index (χ0) is 8.72. The second-order valence-electron chi connectivity index (χ2n) is 2.77. The third-order valence-electron chi connectivity index (χ3n) is 1.82. The first-order valence-corrected chi connectivity index (χ1v) is 3.61. The van der Waals surface area contributed by atoms with Crippen LogP contribution in [0.4, 0.5) is 0 Å². The first-order chi connectivity index (χ1) is 5.68. The number of rotatable bonds is 0.